The highest BCUT2D eigenvalue weighted by Crippen LogP contribution is 2.27. The minimum Gasteiger partial charge on any atom is -0.383 e. The molecule has 184 valence electrons. The number of hydrogen-bond donors (Lipinski definition) is 2. The van der Waals surface area contributed by atoms with E-state index >= 15 is 0 Å². The smallest absolute Gasteiger partial charge is 0.275 e. The number of carbonyl (C=O) groups excluding carboxylic acids is 2. The Kier molecular flexibility index (Phi) is 8.46. The van der Waals surface area contributed by atoms with Crippen molar-refractivity contribution in [1.29, 1.82) is 0 Å². The second-order valence-electron chi connectivity index (χ2n) is 8.25. The van der Waals surface area contributed by atoms with Crippen LogP contribution in [0.1, 0.15) is 26.4 Å². The molecule has 2 N–H and O–H groups in total. The van der Waals surface area contributed by atoms with Crippen LogP contribution in [0.3, 0.4) is 0 Å². The van der Waals surface area contributed by atoms with Gasteiger partial charge in [-0.3, -0.25) is 14.5 Å². The molecule has 2 saturated heterocycles. The molecule has 10 nitrogen and oxygen atoms in total. The zero-order valence-corrected chi connectivity index (χ0v) is 20.4. The summed E-state index contributed by atoms with van der Waals surface area (Å²) < 4.78 is 15.8. The van der Waals surface area contributed by atoms with E-state index < -0.39 is 0 Å². The Balaban J connectivity index is 1.47. The van der Waals surface area contributed by atoms with Crippen LogP contribution in [-0.2, 0) is 20.8 Å². The summed E-state index contributed by atoms with van der Waals surface area (Å²) in [6.07, 6.45) is 0.205. The van der Waals surface area contributed by atoms with Gasteiger partial charge in [0.2, 0.25) is 0 Å². The molecule has 0 aliphatic carbocycles. The lowest BCUT2D eigenvalue weighted by Crippen LogP contribution is -2.51. The predicted octanol–water partition coefficient (Wildman–Crippen LogP) is 1.44. The van der Waals surface area contributed by atoms with Crippen LogP contribution in [0.2, 0.25) is 0 Å². The Morgan fingerprint density at radius 1 is 1.21 bits per heavy atom. The average molecular weight is 490 g/mol. The third-order valence-corrected chi connectivity index (χ3v) is 6.76. The Labute approximate surface area is 203 Å². The fraction of sp³-hybridized carbons (Fsp3) is 0.522. The summed E-state index contributed by atoms with van der Waals surface area (Å²) in [6.45, 7) is 6.14. The third kappa shape index (κ3) is 6.10. The van der Waals surface area contributed by atoms with Crippen LogP contribution in [0.25, 0.3) is 0 Å². The summed E-state index contributed by atoms with van der Waals surface area (Å²) in [7, 11) is 3.27. The molecule has 0 unspecified atom stereocenters. The van der Waals surface area contributed by atoms with Crippen molar-refractivity contribution in [3.05, 3.63) is 40.4 Å². The number of methoxy groups -OCH3 is 2. The molecular weight excluding hydrogens is 458 g/mol. The molecule has 1 aromatic carbocycles. The van der Waals surface area contributed by atoms with Crippen molar-refractivity contribution in [2.24, 2.45) is 0 Å². The van der Waals surface area contributed by atoms with Crippen molar-refractivity contribution in [1.82, 2.24) is 15.2 Å². The molecule has 0 atom stereocenters. The van der Waals surface area contributed by atoms with Gasteiger partial charge in [0, 0.05) is 58.9 Å². The maximum Gasteiger partial charge on any atom is 0.275 e. The fourth-order valence-electron chi connectivity index (χ4n) is 3.81. The van der Waals surface area contributed by atoms with Gasteiger partial charge in [-0.05, 0) is 17.7 Å². The lowest BCUT2D eigenvalue weighted by Gasteiger charge is -2.37. The number of anilines is 2. The summed E-state index contributed by atoms with van der Waals surface area (Å²) in [4.78, 5) is 34.7. The number of ether oxygens (including phenoxy) is 3. The van der Waals surface area contributed by atoms with Gasteiger partial charge < -0.3 is 29.7 Å². The van der Waals surface area contributed by atoms with Gasteiger partial charge >= 0.3 is 0 Å². The van der Waals surface area contributed by atoms with Gasteiger partial charge in [-0.15, -0.1) is 11.3 Å². The second-order valence-corrected chi connectivity index (χ2v) is 9.09. The normalized spacial score (nSPS) is 16.8. The van der Waals surface area contributed by atoms with Crippen molar-refractivity contribution in [3.8, 4) is 0 Å². The number of aromatic nitrogens is 1. The minimum absolute atomic E-state index is 0.205. The molecule has 0 bridgehead atoms. The van der Waals surface area contributed by atoms with E-state index in [1.807, 2.05) is 12.1 Å². The highest BCUT2D eigenvalue weighted by molar-refractivity contribution is 7.14. The highest BCUT2D eigenvalue weighted by Gasteiger charge is 2.29. The van der Waals surface area contributed by atoms with E-state index in [2.05, 4.69) is 25.4 Å². The molecule has 0 spiro atoms. The highest BCUT2D eigenvalue weighted by atomic mass is 32.1. The molecule has 0 saturated carbocycles. The number of hydrogen-bond acceptors (Lipinski definition) is 9. The standard InChI is InChI=1S/C23H31N5O5S/c1-31-8-5-24-21(29)18-11-16(12-27-6-9-33-10-7-27)3-4-19(18)25-22(30)20-15-34-23(26-20)28-13-17(14-28)32-2/h3-4,11,15,17H,5-10,12-14H2,1-2H3,(H,24,29)(H,25,30). The predicted molar refractivity (Wildman–Crippen MR) is 130 cm³/mol. The number of thiazole rings is 1. The van der Waals surface area contributed by atoms with Crippen LogP contribution in [0.15, 0.2) is 23.6 Å². The number of morpholine rings is 1. The van der Waals surface area contributed by atoms with E-state index in [0.717, 1.165) is 36.9 Å². The quantitative estimate of drug-likeness (QED) is 0.483. The first-order chi connectivity index (χ1) is 16.6. The van der Waals surface area contributed by atoms with Crippen LogP contribution < -0.4 is 15.5 Å². The van der Waals surface area contributed by atoms with Crippen molar-refractivity contribution >= 4 is 34.0 Å². The summed E-state index contributed by atoms with van der Waals surface area (Å²) in [6, 6.07) is 5.56. The van der Waals surface area contributed by atoms with E-state index in [4.69, 9.17) is 14.2 Å². The first-order valence-corrected chi connectivity index (χ1v) is 12.2. The SMILES string of the molecule is COCCNC(=O)c1cc(CN2CCOCC2)ccc1NC(=O)c1csc(N2CC(OC)C2)n1. The lowest BCUT2D eigenvalue weighted by molar-refractivity contribution is 0.0342. The summed E-state index contributed by atoms with van der Waals surface area (Å²) in [5.41, 5.74) is 2.18. The van der Waals surface area contributed by atoms with E-state index in [9.17, 15) is 9.59 Å². The molecule has 2 amide bonds. The summed E-state index contributed by atoms with van der Waals surface area (Å²) >= 11 is 1.42. The fourth-order valence-corrected chi connectivity index (χ4v) is 4.64. The maximum absolute atomic E-state index is 12.9. The summed E-state index contributed by atoms with van der Waals surface area (Å²) in [5.74, 6) is -0.612. The molecule has 0 radical (unpaired) electrons. The topological polar surface area (TPSA) is 105 Å². The number of nitrogens with one attached hydrogen (secondary N) is 2. The monoisotopic (exact) mass is 489 g/mol. The van der Waals surface area contributed by atoms with Crippen molar-refractivity contribution in [3.63, 3.8) is 0 Å². The van der Waals surface area contributed by atoms with Gasteiger partial charge in [0.25, 0.3) is 11.8 Å². The summed E-state index contributed by atoms with van der Waals surface area (Å²) in [5, 5.41) is 8.24. The molecule has 2 fully saturated rings. The van der Waals surface area contributed by atoms with Crippen molar-refractivity contribution in [2.45, 2.75) is 12.6 Å². The molecular formula is C23H31N5O5S. The van der Waals surface area contributed by atoms with E-state index in [1.165, 1.54) is 11.3 Å². The Morgan fingerprint density at radius 3 is 2.74 bits per heavy atom. The van der Waals surface area contributed by atoms with E-state index in [-0.39, 0.29) is 17.9 Å². The van der Waals surface area contributed by atoms with E-state index in [1.54, 1.807) is 25.7 Å². The lowest BCUT2D eigenvalue weighted by atomic mass is 10.1. The molecule has 2 aliphatic rings. The zero-order chi connectivity index (χ0) is 23.9. The van der Waals surface area contributed by atoms with E-state index in [0.29, 0.717) is 49.9 Å². The number of benzene rings is 1. The number of amides is 2. The number of carbonyl (C=O) groups is 2. The molecule has 11 heteroatoms. The van der Waals surface area contributed by atoms with Gasteiger partial charge in [-0.1, -0.05) is 6.07 Å². The Morgan fingerprint density at radius 2 is 2.00 bits per heavy atom. The van der Waals surface area contributed by atoms with Gasteiger partial charge in [0.05, 0.1) is 37.2 Å². The van der Waals surface area contributed by atoms with Gasteiger partial charge in [0.1, 0.15) is 5.69 Å². The van der Waals surface area contributed by atoms with Gasteiger partial charge in [-0.25, -0.2) is 4.98 Å². The molecule has 1 aromatic heterocycles. The van der Waals surface area contributed by atoms with Gasteiger partial charge in [-0.2, -0.15) is 0 Å². The van der Waals surface area contributed by atoms with Crippen LogP contribution in [0.5, 0.6) is 0 Å². The maximum atomic E-state index is 12.9. The number of rotatable bonds is 10. The van der Waals surface area contributed by atoms with Crippen LogP contribution in [0, 0.1) is 0 Å². The molecule has 3 heterocycles. The first kappa shape index (κ1) is 24.6. The number of nitrogens with zero attached hydrogens (tertiary/aromatic N) is 3. The van der Waals surface area contributed by atoms with Crippen LogP contribution in [-0.4, -0.2) is 94.6 Å². The van der Waals surface area contributed by atoms with Crippen LogP contribution >= 0.6 is 11.3 Å². The molecule has 34 heavy (non-hydrogen) atoms. The first-order valence-electron chi connectivity index (χ1n) is 11.3. The molecule has 2 aromatic rings. The molecule has 2 aliphatic heterocycles. The van der Waals surface area contributed by atoms with Gasteiger partial charge in [0.15, 0.2) is 5.13 Å². The second kappa shape index (κ2) is 11.7. The van der Waals surface area contributed by atoms with Crippen molar-refractivity contribution < 1.29 is 23.8 Å². The van der Waals surface area contributed by atoms with Crippen molar-refractivity contribution in [2.75, 3.05) is 77.0 Å². The third-order valence-electron chi connectivity index (χ3n) is 5.86. The Hall–Kier alpha value is -2.57. The Bertz CT molecular complexity index is 988. The minimum atomic E-state index is -0.349. The molecule has 4 rings (SSSR count). The average Bonchev–Trinajstić information content (AvgIpc) is 3.30. The van der Waals surface area contributed by atoms with Crippen LogP contribution in [0.4, 0.5) is 10.8 Å². The zero-order valence-electron chi connectivity index (χ0n) is 19.5. The largest absolute Gasteiger partial charge is 0.383 e.